The highest BCUT2D eigenvalue weighted by Crippen LogP contribution is 2.51. The van der Waals surface area contributed by atoms with E-state index in [1.807, 2.05) is 6.20 Å². The molecular weight excluding hydrogens is 334 g/mol. The standard InChI is InChI=1S/C24H31NO2/c1-3-27-24(12-13-24)22-18-20(9-15-25-22)17-19(2)26-16-14-23(10-11-23)21-7-5-4-6-8-21/h4-9,15,18-19H,3,10-14,16-17H2,1-2H3. The Morgan fingerprint density at radius 2 is 1.85 bits per heavy atom. The summed E-state index contributed by atoms with van der Waals surface area (Å²) < 4.78 is 12.1. The molecule has 0 radical (unpaired) electrons. The SMILES string of the molecule is CCOC1(c2cc(CC(C)OCCC3(c4ccccc4)CC3)ccn2)CC1. The Labute approximate surface area is 163 Å². The smallest absolute Gasteiger partial charge is 0.110 e. The Morgan fingerprint density at radius 1 is 1.07 bits per heavy atom. The lowest BCUT2D eigenvalue weighted by atomic mass is 9.93. The molecule has 3 heteroatoms. The summed E-state index contributed by atoms with van der Waals surface area (Å²) in [5.41, 5.74) is 4.13. The minimum Gasteiger partial charge on any atom is -0.378 e. The molecule has 3 nitrogen and oxygen atoms in total. The summed E-state index contributed by atoms with van der Waals surface area (Å²) >= 11 is 0. The number of ether oxygens (including phenoxy) is 2. The zero-order valence-electron chi connectivity index (χ0n) is 16.6. The van der Waals surface area contributed by atoms with Crippen LogP contribution in [0, 0.1) is 0 Å². The van der Waals surface area contributed by atoms with E-state index < -0.39 is 0 Å². The van der Waals surface area contributed by atoms with Crippen LogP contribution in [0.4, 0.5) is 0 Å². The molecule has 27 heavy (non-hydrogen) atoms. The summed E-state index contributed by atoms with van der Waals surface area (Å²) in [6.45, 7) is 5.81. The van der Waals surface area contributed by atoms with Crippen molar-refractivity contribution in [1.82, 2.24) is 4.98 Å². The average Bonchev–Trinajstić information content (AvgIpc) is 3.60. The van der Waals surface area contributed by atoms with Gasteiger partial charge >= 0.3 is 0 Å². The Hall–Kier alpha value is -1.71. The van der Waals surface area contributed by atoms with Crippen molar-refractivity contribution in [2.24, 2.45) is 0 Å². The maximum absolute atomic E-state index is 6.18. The van der Waals surface area contributed by atoms with E-state index in [0.717, 1.165) is 44.6 Å². The van der Waals surface area contributed by atoms with Crippen molar-refractivity contribution in [3.8, 4) is 0 Å². The molecule has 2 saturated carbocycles. The fourth-order valence-corrected chi connectivity index (χ4v) is 4.19. The molecule has 1 heterocycles. The topological polar surface area (TPSA) is 31.4 Å². The van der Waals surface area contributed by atoms with E-state index in [2.05, 4.69) is 61.3 Å². The third-order valence-corrected chi connectivity index (χ3v) is 6.16. The fraction of sp³-hybridized carbons (Fsp3) is 0.542. The minimum atomic E-state index is -0.108. The number of hydrogen-bond acceptors (Lipinski definition) is 3. The van der Waals surface area contributed by atoms with E-state index in [-0.39, 0.29) is 11.7 Å². The Morgan fingerprint density at radius 3 is 2.52 bits per heavy atom. The molecule has 0 N–H and O–H groups in total. The van der Waals surface area contributed by atoms with Crippen LogP contribution < -0.4 is 0 Å². The summed E-state index contributed by atoms with van der Waals surface area (Å²) in [6.07, 6.45) is 8.95. The van der Waals surface area contributed by atoms with Crippen molar-refractivity contribution >= 4 is 0 Å². The van der Waals surface area contributed by atoms with Gasteiger partial charge in [0.2, 0.25) is 0 Å². The van der Waals surface area contributed by atoms with Gasteiger partial charge in [0.15, 0.2) is 0 Å². The number of pyridine rings is 1. The van der Waals surface area contributed by atoms with E-state index >= 15 is 0 Å². The van der Waals surface area contributed by atoms with Crippen LogP contribution in [0.15, 0.2) is 48.7 Å². The van der Waals surface area contributed by atoms with Crippen molar-refractivity contribution in [3.63, 3.8) is 0 Å². The van der Waals surface area contributed by atoms with Gasteiger partial charge in [-0.15, -0.1) is 0 Å². The highest BCUT2D eigenvalue weighted by Gasteiger charge is 2.47. The normalized spacial score (nSPS) is 20.2. The van der Waals surface area contributed by atoms with Gasteiger partial charge in [-0.05, 0) is 81.0 Å². The molecule has 1 atom stereocenters. The third-order valence-electron chi connectivity index (χ3n) is 6.16. The summed E-state index contributed by atoms with van der Waals surface area (Å²) in [7, 11) is 0. The van der Waals surface area contributed by atoms with Crippen molar-refractivity contribution < 1.29 is 9.47 Å². The molecule has 0 aliphatic heterocycles. The number of aromatic nitrogens is 1. The molecule has 2 aliphatic carbocycles. The molecule has 0 spiro atoms. The van der Waals surface area contributed by atoms with Gasteiger partial charge in [0.1, 0.15) is 5.60 Å². The molecule has 0 bridgehead atoms. The summed E-state index contributed by atoms with van der Waals surface area (Å²) in [6, 6.07) is 15.2. The first kappa shape index (κ1) is 18.6. The molecule has 144 valence electrons. The van der Waals surface area contributed by atoms with Gasteiger partial charge < -0.3 is 9.47 Å². The van der Waals surface area contributed by atoms with E-state index in [4.69, 9.17) is 9.47 Å². The lowest BCUT2D eigenvalue weighted by molar-refractivity contribution is 0.0360. The zero-order valence-corrected chi connectivity index (χ0v) is 16.6. The lowest BCUT2D eigenvalue weighted by Gasteiger charge is -2.19. The predicted octanol–water partition coefficient (Wildman–Crippen LogP) is 5.18. The third kappa shape index (κ3) is 4.25. The predicted molar refractivity (Wildman–Crippen MR) is 108 cm³/mol. The molecule has 2 aromatic rings. The van der Waals surface area contributed by atoms with Crippen molar-refractivity contribution in [2.75, 3.05) is 13.2 Å². The van der Waals surface area contributed by atoms with E-state index in [0.29, 0.717) is 5.41 Å². The second-order valence-electron chi connectivity index (χ2n) is 8.26. The van der Waals surface area contributed by atoms with Crippen molar-refractivity contribution in [1.29, 1.82) is 0 Å². The van der Waals surface area contributed by atoms with Gasteiger partial charge in [-0.25, -0.2) is 0 Å². The minimum absolute atomic E-state index is 0.108. The van der Waals surface area contributed by atoms with Crippen LogP contribution in [0.1, 0.15) is 62.8 Å². The molecule has 2 aliphatic rings. The van der Waals surface area contributed by atoms with Crippen LogP contribution in [0.5, 0.6) is 0 Å². The highest BCUT2D eigenvalue weighted by molar-refractivity contribution is 5.31. The largest absolute Gasteiger partial charge is 0.378 e. The molecule has 1 aromatic carbocycles. The van der Waals surface area contributed by atoms with Gasteiger partial charge in [-0.3, -0.25) is 4.98 Å². The number of benzene rings is 1. The summed E-state index contributed by atoms with van der Waals surface area (Å²) in [5, 5.41) is 0. The monoisotopic (exact) mass is 365 g/mol. The molecule has 1 unspecified atom stereocenters. The molecule has 0 saturated heterocycles. The first-order valence-corrected chi connectivity index (χ1v) is 10.4. The average molecular weight is 366 g/mol. The van der Waals surface area contributed by atoms with Crippen LogP contribution in [-0.4, -0.2) is 24.3 Å². The number of hydrogen-bond donors (Lipinski definition) is 0. The van der Waals surface area contributed by atoms with Gasteiger partial charge in [0.25, 0.3) is 0 Å². The van der Waals surface area contributed by atoms with Gasteiger partial charge in [-0.1, -0.05) is 30.3 Å². The zero-order chi connectivity index (χ0) is 18.7. The highest BCUT2D eigenvalue weighted by atomic mass is 16.5. The summed E-state index contributed by atoms with van der Waals surface area (Å²) in [4.78, 5) is 4.57. The van der Waals surface area contributed by atoms with Crippen LogP contribution in [-0.2, 0) is 26.9 Å². The maximum Gasteiger partial charge on any atom is 0.110 e. The van der Waals surface area contributed by atoms with E-state index in [1.54, 1.807) is 0 Å². The van der Waals surface area contributed by atoms with Crippen molar-refractivity contribution in [3.05, 3.63) is 65.5 Å². The Bertz CT molecular complexity index is 750. The van der Waals surface area contributed by atoms with E-state index in [9.17, 15) is 0 Å². The van der Waals surface area contributed by atoms with Gasteiger partial charge in [0, 0.05) is 19.4 Å². The molecule has 4 rings (SSSR count). The number of rotatable bonds is 10. The van der Waals surface area contributed by atoms with Crippen molar-refractivity contribution in [2.45, 2.75) is 69.5 Å². The van der Waals surface area contributed by atoms with Crippen LogP contribution in [0.25, 0.3) is 0 Å². The molecule has 0 amide bonds. The molecule has 2 fully saturated rings. The maximum atomic E-state index is 6.18. The number of nitrogens with zero attached hydrogens (tertiary/aromatic N) is 1. The fourth-order valence-electron chi connectivity index (χ4n) is 4.19. The quantitative estimate of drug-likeness (QED) is 0.581. The van der Waals surface area contributed by atoms with Gasteiger partial charge in [-0.2, -0.15) is 0 Å². The van der Waals surface area contributed by atoms with E-state index in [1.165, 1.54) is 24.0 Å². The second kappa shape index (κ2) is 7.73. The molecular formula is C24H31NO2. The van der Waals surface area contributed by atoms with Crippen LogP contribution >= 0.6 is 0 Å². The van der Waals surface area contributed by atoms with Crippen LogP contribution in [0.3, 0.4) is 0 Å². The first-order valence-electron chi connectivity index (χ1n) is 10.4. The van der Waals surface area contributed by atoms with Gasteiger partial charge in [0.05, 0.1) is 11.8 Å². The Balaban J connectivity index is 1.28. The second-order valence-corrected chi connectivity index (χ2v) is 8.26. The van der Waals surface area contributed by atoms with Crippen LogP contribution in [0.2, 0.25) is 0 Å². The molecule has 1 aromatic heterocycles. The summed E-state index contributed by atoms with van der Waals surface area (Å²) in [5.74, 6) is 0. The lowest BCUT2D eigenvalue weighted by Crippen LogP contribution is -2.18. The Kier molecular flexibility index (Phi) is 5.34. The first-order chi connectivity index (χ1) is 13.2.